The standard InChI is InChI=1S/C34H28ClF6N9O3S/c1-13-42-23-11-18(17-4-5-21(35)26-29(17)49(2)47-33(26)48-54(3,52)53)27(45-32(23)43-13)22(8-14-6-15(36)9-16(37)7-14)44-24(51)12-50-30-25(28(46-50)31(38)39)19-10-20(19)34(30,40)41/h4-7,9,11,19-20,22,31H,8,10,12H2,1-3H3,(H,44,51)(H,47,48)(H,42,43,45)/t19-,20+,22-/m0/s1. The van der Waals surface area contributed by atoms with Gasteiger partial charge < -0.3 is 10.3 Å². The van der Waals surface area contributed by atoms with Gasteiger partial charge in [0, 0.05) is 35.7 Å². The fourth-order valence-corrected chi connectivity index (χ4v) is 8.27. The number of sulfonamides is 1. The fourth-order valence-electron chi connectivity index (χ4n) is 7.53. The van der Waals surface area contributed by atoms with Gasteiger partial charge in [-0.15, -0.1) is 0 Å². The summed E-state index contributed by atoms with van der Waals surface area (Å²) in [7, 11) is -2.26. The summed E-state index contributed by atoms with van der Waals surface area (Å²) >= 11 is 6.58. The number of imidazole rings is 1. The molecule has 12 nitrogen and oxygen atoms in total. The van der Waals surface area contributed by atoms with Crippen molar-refractivity contribution in [2.75, 3.05) is 11.0 Å². The number of aromatic amines is 1. The minimum atomic E-state index is -3.81. The Morgan fingerprint density at radius 3 is 2.48 bits per heavy atom. The summed E-state index contributed by atoms with van der Waals surface area (Å²) in [5.74, 6) is -7.77. The minimum Gasteiger partial charge on any atom is -0.346 e. The Kier molecular flexibility index (Phi) is 8.26. The maximum absolute atomic E-state index is 15.3. The van der Waals surface area contributed by atoms with E-state index < -0.39 is 75.7 Å². The van der Waals surface area contributed by atoms with E-state index in [1.54, 1.807) is 26.1 Å². The highest BCUT2D eigenvalue weighted by Crippen LogP contribution is 2.68. The molecule has 1 saturated carbocycles. The number of aromatic nitrogens is 7. The van der Waals surface area contributed by atoms with E-state index in [4.69, 9.17) is 16.6 Å². The molecule has 6 aromatic rings. The van der Waals surface area contributed by atoms with Gasteiger partial charge >= 0.3 is 0 Å². The van der Waals surface area contributed by atoms with Crippen LogP contribution in [0, 0.1) is 24.5 Å². The first-order chi connectivity index (χ1) is 25.4. The molecule has 4 heterocycles. The normalized spacial score (nSPS) is 18.0. The van der Waals surface area contributed by atoms with Crippen molar-refractivity contribution in [1.29, 1.82) is 0 Å². The number of benzene rings is 2. The molecule has 54 heavy (non-hydrogen) atoms. The second-order valence-electron chi connectivity index (χ2n) is 13.6. The number of rotatable bonds is 10. The number of hydrogen-bond donors (Lipinski definition) is 3. The predicted molar refractivity (Wildman–Crippen MR) is 185 cm³/mol. The molecular weight excluding hydrogens is 764 g/mol. The number of anilines is 1. The van der Waals surface area contributed by atoms with E-state index in [9.17, 15) is 30.8 Å². The summed E-state index contributed by atoms with van der Waals surface area (Å²) in [6.45, 7) is 0.793. The lowest BCUT2D eigenvalue weighted by Crippen LogP contribution is -2.35. The van der Waals surface area contributed by atoms with Crippen LogP contribution in [0.1, 0.15) is 58.8 Å². The molecule has 2 aliphatic rings. The molecule has 0 bridgehead atoms. The van der Waals surface area contributed by atoms with Crippen LogP contribution in [0.4, 0.5) is 32.2 Å². The van der Waals surface area contributed by atoms with Crippen molar-refractivity contribution in [1.82, 2.24) is 39.8 Å². The lowest BCUT2D eigenvalue weighted by atomic mass is 9.94. The Labute approximate surface area is 307 Å². The molecule has 20 heteroatoms. The van der Waals surface area contributed by atoms with Crippen molar-refractivity contribution in [3.63, 3.8) is 0 Å². The number of hydrogen-bond acceptors (Lipinski definition) is 7. The van der Waals surface area contributed by atoms with E-state index in [0.717, 1.165) is 18.4 Å². The monoisotopic (exact) mass is 791 g/mol. The van der Waals surface area contributed by atoms with E-state index in [-0.39, 0.29) is 51.5 Å². The molecule has 8 rings (SSSR count). The van der Waals surface area contributed by atoms with Crippen LogP contribution in [-0.4, -0.2) is 55.1 Å². The highest BCUT2D eigenvalue weighted by Gasteiger charge is 2.67. The van der Waals surface area contributed by atoms with E-state index in [2.05, 4.69) is 30.2 Å². The van der Waals surface area contributed by atoms with E-state index in [1.807, 2.05) is 0 Å². The largest absolute Gasteiger partial charge is 0.346 e. The lowest BCUT2D eigenvalue weighted by Gasteiger charge is -2.23. The van der Waals surface area contributed by atoms with Gasteiger partial charge in [0.15, 0.2) is 11.5 Å². The molecule has 3 atom stereocenters. The number of fused-ring (bicyclic) bond motifs is 5. The molecule has 0 spiro atoms. The fraction of sp³-hybridized carbons (Fsp3) is 0.324. The number of carbonyl (C=O) groups excluding carboxylic acids is 1. The quantitative estimate of drug-likeness (QED) is 0.133. The Morgan fingerprint density at radius 2 is 1.80 bits per heavy atom. The molecule has 0 aliphatic heterocycles. The highest BCUT2D eigenvalue weighted by molar-refractivity contribution is 7.92. The molecule has 1 fully saturated rings. The zero-order valence-electron chi connectivity index (χ0n) is 28.4. The number of H-pyrrole nitrogens is 1. The van der Waals surface area contributed by atoms with Gasteiger partial charge in [0.25, 0.3) is 12.3 Å². The van der Waals surface area contributed by atoms with Crippen LogP contribution in [0.2, 0.25) is 5.02 Å². The number of nitrogens with zero attached hydrogens (tertiary/aromatic N) is 6. The number of amides is 1. The number of alkyl halides is 4. The first kappa shape index (κ1) is 35.8. The molecule has 2 aliphatic carbocycles. The summed E-state index contributed by atoms with van der Waals surface area (Å²) in [5.41, 5.74) is 0.0759. The van der Waals surface area contributed by atoms with Crippen LogP contribution >= 0.6 is 11.6 Å². The zero-order valence-corrected chi connectivity index (χ0v) is 29.9. The molecule has 3 N–H and O–H groups in total. The smallest absolute Gasteiger partial charge is 0.293 e. The van der Waals surface area contributed by atoms with Gasteiger partial charge in [0.2, 0.25) is 15.9 Å². The average molecular weight is 792 g/mol. The Hall–Kier alpha value is -5.17. The SMILES string of the molecule is Cc1nc2nc([C@H](Cc3cc(F)cc(F)c3)NC(=O)Cn3nc(C(F)F)c4c3C(F)(F)[C@@H]3C[C@H]43)c(-c3ccc(Cl)c4c(NS(C)(=O)=O)nn(C)c34)cc2[nH]1. The Balaban J connectivity index is 1.28. The Bertz CT molecular complexity index is 2640. The number of nitrogens with one attached hydrogen (secondary N) is 3. The second-order valence-corrected chi connectivity index (χ2v) is 15.7. The molecule has 4 aromatic heterocycles. The first-order valence-corrected chi connectivity index (χ1v) is 18.7. The topological polar surface area (TPSA) is 152 Å². The van der Waals surface area contributed by atoms with Crippen molar-refractivity contribution < 1.29 is 39.6 Å². The van der Waals surface area contributed by atoms with Crippen molar-refractivity contribution in [2.24, 2.45) is 13.0 Å². The third-order valence-electron chi connectivity index (χ3n) is 9.62. The summed E-state index contributed by atoms with van der Waals surface area (Å²) < 4.78 is 116. The average Bonchev–Trinajstić information content (AvgIpc) is 3.37. The second kappa shape index (κ2) is 12.4. The molecule has 2 aromatic carbocycles. The predicted octanol–water partition coefficient (Wildman–Crippen LogP) is 6.57. The van der Waals surface area contributed by atoms with Gasteiger partial charge in [0.1, 0.15) is 35.4 Å². The molecule has 0 radical (unpaired) electrons. The van der Waals surface area contributed by atoms with E-state index >= 15 is 8.78 Å². The summed E-state index contributed by atoms with van der Waals surface area (Å²) in [6, 6.07) is 6.27. The van der Waals surface area contributed by atoms with Gasteiger partial charge in [-0.25, -0.2) is 35.9 Å². The van der Waals surface area contributed by atoms with Crippen LogP contribution in [0.5, 0.6) is 0 Å². The van der Waals surface area contributed by atoms with Crippen molar-refractivity contribution in [3.8, 4) is 11.1 Å². The van der Waals surface area contributed by atoms with Crippen LogP contribution in [0.25, 0.3) is 33.2 Å². The van der Waals surface area contributed by atoms with Crippen LogP contribution in [0.15, 0.2) is 36.4 Å². The number of halogens is 7. The van der Waals surface area contributed by atoms with Gasteiger partial charge in [0.05, 0.1) is 39.4 Å². The highest BCUT2D eigenvalue weighted by atomic mass is 35.5. The molecule has 0 saturated heterocycles. The maximum atomic E-state index is 15.3. The van der Waals surface area contributed by atoms with Crippen molar-refractivity contribution in [3.05, 3.63) is 87.1 Å². The van der Waals surface area contributed by atoms with Crippen LogP contribution < -0.4 is 10.0 Å². The maximum Gasteiger partial charge on any atom is 0.293 e. The lowest BCUT2D eigenvalue weighted by molar-refractivity contribution is -0.123. The molecule has 282 valence electrons. The van der Waals surface area contributed by atoms with E-state index in [1.165, 1.54) is 10.7 Å². The third-order valence-corrected chi connectivity index (χ3v) is 10.5. The number of aryl methyl sites for hydroxylation is 2. The summed E-state index contributed by atoms with van der Waals surface area (Å²) in [5, 5.41) is 11.2. The van der Waals surface area contributed by atoms with Crippen LogP contribution in [-0.2, 0) is 40.8 Å². The molecule has 0 unspecified atom stereocenters. The number of carbonyl (C=O) groups is 1. The van der Waals surface area contributed by atoms with Gasteiger partial charge in [-0.1, -0.05) is 17.7 Å². The molecular formula is C34H28ClF6N9O3S. The van der Waals surface area contributed by atoms with Gasteiger partial charge in [-0.05, 0) is 55.5 Å². The van der Waals surface area contributed by atoms with Crippen molar-refractivity contribution in [2.45, 2.75) is 50.6 Å². The first-order valence-electron chi connectivity index (χ1n) is 16.4. The Morgan fingerprint density at radius 1 is 1.07 bits per heavy atom. The van der Waals surface area contributed by atoms with Crippen LogP contribution in [0.3, 0.4) is 0 Å². The summed E-state index contributed by atoms with van der Waals surface area (Å²) in [6.07, 6.45) is -2.47. The minimum absolute atomic E-state index is 0.0356. The van der Waals surface area contributed by atoms with E-state index in [0.29, 0.717) is 38.7 Å². The molecule has 1 amide bonds. The van der Waals surface area contributed by atoms with Crippen molar-refractivity contribution >= 4 is 55.4 Å². The zero-order chi connectivity index (χ0) is 38.6. The third kappa shape index (κ3) is 6.11. The van der Waals surface area contributed by atoms with Gasteiger partial charge in [-0.3, -0.25) is 18.9 Å². The summed E-state index contributed by atoms with van der Waals surface area (Å²) in [4.78, 5) is 26.1. The number of pyridine rings is 1. The van der Waals surface area contributed by atoms with Gasteiger partial charge in [-0.2, -0.15) is 19.0 Å².